The minimum absolute atomic E-state index is 0.0195. The van der Waals surface area contributed by atoms with Gasteiger partial charge in [-0.05, 0) is 61.6 Å². The molecule has 0 radical (unpaired) electrons. The number of aromatic nitrogens is 1. The Hall–Kier alpha value is -4.56. The van der Waals surface area contributed by atoms with Gasteiger partial charge in [0, 0.05) is 61.9 Å². The number of hydrogen-bond acceptors (Lipinski definition) is 7. The van der Waals surface area contributed by atoms with E-state index < -0.39 is 34.1 Å². The van der Waals surface area contributed by atoms with E-state index in [4.69, 9.17) is 4.74 Å². The third-order valence-electron chi connectivity index (χ3n) is 8.18. The van der Waals surface area contributed by atoms with Crippen LogP contribution in [0.15, 0.2) is 60.8 Å². The maximum atomic E-state index is 13.3. The monoisotopic (exact) mass is 651 g/mol. The van der Waals surface area contributed by atoms with E-state index in [0.29, 0.717) is 63.3 Å². The number of carbonyl (C=O) groups is 1. The second-order valence-electron chi connectivity index (χ2n) is 11.3. The van der Waals surface area contributed by atoms with Crippen molar-refractivity contribution in [1.82, 2.24) is 9.88 Å². The fourth-order valence-electron chi connectivity index (χ4n) is 5.72. The Morgan fingerprint density at radius 1 is 0.913 bits per heavy atom. The molecule has 0 bridgehead atoms. The first-order valence-electron chi connectivity index (χ1n) is 14.7. The van der Waals surface area contributed by atoms with Crippen molar-refractivity contribution in [2.24, 2.45) is 0 Å². The summed E-state index contributed by atoms with van der Waals surface area (Å²) in [5, 5.41) is 14.1. The van der Waals surface area contributed by atoms with Crippen LogP contribution in [0.1, 0.15) is 42.4 Å². The van der Waals surface area contributed by atoms with Gasteiger partial charge in [-0.25, -0.2) is 4.98 Å². The Morgan fingerprint density at radius 3 is 2.20 bits per heavy atom. The Balaban J connectivity index is 1.09. The van der Waals surface area contributed by atoms with Crippen LogP contribution in [0.2, 0.25) is 0 Å². The van der Waals surface area contributed by atoms with Gasteiger partial charge in [-0.2, -0.15) is 26.3 Å². The molecule has 2 aromatic carbocycles. The van der Waals surface area contributed by atoms with Gasteiger partial charge in [-0.3, -0.25) is 14.9 Å². The molecule has 15 heteroatoms. The zero-order valence-corrected chi connectivity index (χ0v) is 24.5. The maximum absolute atomic E-state index is 13.3. The van der Waals surface area contributed by atoms with E-state index in [0.717, 1.165) is 30.0 Å². The number of nitrogens with zero attached hydrogens (tertiary/aromatic N) is 4. The number of alkyl halides is 6. The first-order valence-corrected chi connectivity index (χ1v) is 14.7. The molecule has 1 aromatic heterocycles. The van der Waals surface area contributed by atoms with Crippen LogP contribution in [0.5, 0.6) is 5.88 Å². The number of nitro benzene ring substituents is 1. The first kappa shape index (κ1) is 32.8. The third-order valence-corrected chi connectivity index (χ3v) is 8.18. The van der Waals surface area contributed by atoms with Crippen LogP contribution in [-0.4, -0.2) is 59.0 Å². The zero-order valence-electron chi connectivity index (χ0n) is 24.5. The number of pyridine rings is 1. The summed E-state index contributed by atoms with van der Waals surface area (Å²) in [6, 6.07) is 11.0. The van der Waals surface area contributed by atoms with Crippen molar-refractivity contribution in [3.05, 3.63) is 87.6 Å². The largest absolute Gasteiger partial charge is 0.474 e. The van der Waals surface area contributed by atoms with Crippen LogP contribution in [0.25, 0.3) is 0 Å². The van der Waals surface area contributed by atoms with Crippen molar-refractivity contribution in [3.63, 3.8) is 0 Å². The number of halogens is 6. The van der Waals surface area contributed by atoms with E-state index in [1.165, 1.54) is 18.2 Å². The van der Waals surface area contributed by atoms with Gasteiger partial charge in [-0.1, -0.05) is 12.1 Å². The minimum atomic E-state index is -4.85. The molecule has 0 spiro atoms. The summed E-state index contributed by atoms with van der Waals surface area (Å²) < 4.78 is 84.5. The van der Waals surface area contributed by atoms with Crippen molar-refractivity contribution in [2.75, 3.05) is 36.4 Å². The van der Waals surface area contributed by atoms with E-state index in [1.807, 2.05) is 12.1 Å². The Bertz CT molecular complexity index is 1530. The highest BCUT2D eigenvalue weighted by Gasteiger charge is 2.38. The van der Waals surface area contributed by atoms with Crippen molar-refractivity contribution < 1.29 is 40.8 Å². The van der Waals surface area contributed by atoms with Crippen molar-refractivity contribution in [2.45, 2.75) is 56.6 Å². The predicted octanol–water partition coefficient (Wildman–Crippen LogP) is 6.72. The molecule has 1 aliphatic carbocycles. The molecular formula is C31H31F6N5O4. The quantitative estimate of drug-likeness (QED) is 0.164. The Morgan fingerprint density at radius 2 is 1.59 bits per heavy atom. The number of anilines is 2. The van der Waals surface area contributed by atoms with E-state index in [1.54, 1.807) is 11.1 Å². The molecule has 1 aliphatic heterocycles. The van der Waals surface area contributed by atoms with Crippen LogP contribution in [0.4, 0.5) is 43.4 Å². The molecule has 46 heavy (non-hydrogen) atoms. The van der Waals surface area contributed by atoms with Gasteiger partial charge in [-0.15, -0.1) is 0 Å². The van der Waals surface area contributed by atoms with Gasteiger partial charge in [0.05, 0.1) is 16.9 Å². The predicted molar refractivity (Wildman–Crippen MR) is 157 cm³/mol. The Kier molecular flexibility index (Phi) is 9.58. The number of nitrogens with one attached hydrogen (secondary N) is 1. The van der Waals surface area contributed by atoms with Crippen LogP contribution >= 0.6 is 0 Å². The highest BCUT2D eigenvalue weighted by atomic mass is 19.4. The molecule has 1 saturated heterocycles. The van der Waals surface area contributed by atoms with E-state index in [-0.39, 0.29) is 30.2 Å². The van der Waals surface area contributed by atoms with E-state index in [9.17, 15) is 41.3 Å². The minimum Gasteiger partial charge on any atom is -0.474 e. The average molecular weight is 652 g/mol. The summed E-state index contributed by atoms with van der Waals surface area (Å²) in [5.74, 6) is 0.275. The van der Waals surface area contributed by atoms with Gasteiger partial charge < -0.3 is 19.9 Å². The normalized spacial score (nSPS) is 19.1. The highest BCUT2D eigenvalue weighted by molar-refractivity contribution is 5.79. The van der Waals surface area contributed by atoms with Gasteiger partial charge in [0.25, 0.3) is 5.69 Å². The molecule has 2 heterocycles. The molecule has 3 aromatic rings. The standard InChI is InChI=1S/C31H31F6N5O4/c32-30(33,34)21-3-1-20(2-4-21)17-29(43)41-15-13-40(14-16-41)24-11-12-38-28(19-24)46-25-8-5-22(6-9-25)39-23-7-10-27(42(44)45)26(18-23)31(35,36)37/h1-4,7,10-12,18-19,22,25,39H,5-6,8-9,13-17H2. The number of ether oxygens (including phenoxy) is 1. The van der Waals surface area contributed by atoms with Crippen LogP contribution < -0.4 is 15.0 Å². The molecule has 0 atom stereocenters. The molecule has 5 rings (SSSR count). The highest BCUT2D eigenvalue weighted by Crippen LogP contribution is 2.38. The van der Waals surface area contributed by atoms with Gasteiger partial charge in [0.15, 0.2) is 0 Å². The van der Waals surface area contributed by atoms with E-state index in [2.05, 4.69) is 15.2 Å². The molecule has 246 valence electrons. The number of piperazine rings is 1. The number of benzene rings is 2. The van der Waals surface area contributed by atoms with Gasteiger partial charge in [0.1, 0.15) is 11.7 Å². The smallest absolute Gasteiger partial charge is 0.423 e. The number of amides is 1. The van der Waals surface area contributed by atoms with Crippen LogP contribution in [0.3, 0.4) is 0 Å². The topological polar surface area (TPSA) is 101 Å². The summed E-state index contributed by atoms with van der Waals surface area (Å²) >= 11 is 0. The lowest BCUT2D eigenvalue weighted by Crippen LogP contribution is -2.49. The summed E-state index contributed by atoms with van der Waals surface area (Å²) in [6.45, 7) is 2.01. The van der Waals surface area contributed by atoms with Crippen molar-refractivity contribution >= 4 is 23.0 Å². The molecule has 1 saturated carbocycles. The lowest BCUT2D eigenvalue weighted by atomic mass is 9.92. The summed E-state index contributed by atoms with van der Waals surface area (Å²) in [7, 11) is 0. The lowest BCUT2D eigenvalue weighted by molar-refractivity contribution is -0.388. The number of nitro groups is 1. The van der Waals surface area contributed by atoms with Crippen LogP contribution in [0, 0.1) is 10.1 Å². The number of hydrogen-bond donors (Lipinski definition) is 1. The molecule has 0 unspecified atom stereocenters. The fourth-order valence-corrected chi connectivity index (χ4v) is 5.72. The Labute approximate surface area is 260 Å². The second kappa shape index (κ2) is 13.4. The first-order chi connectivity index (χ1) is 21.8. The number of carbonyl (C=O) groups excluding carboxylic acids is 1. The molecule has 1 amide bonds. The van der Waals surface area contributed by atoms with Gasteiger partial charge >= 0.3 is 12.4 Å². The summed E-state index contributed by atoms with van der Waals surface area (Å²) in [6.07, 6.45) is -5.29. The fraction of sp³-hybridized carbons (Fsp3) is 0.419. The average Bonchev–Trinajstić information content (AvgIpc) is 3.01. The third kappa shape index (κ3) is 8.17. The SMILES string of the molecule is O=C(Cc1ccc(C(F)(F)F)cc1)N1CCN(c2ccnc(OC3CCC(Nc4ccc([N+](=O)[O-])c(C(F)(F)F)c4)CC3)c2)CC1. The molecule has 1 N–H and O–H groups in total. The van der Waals surface area contributed by atoms with Crippen LogP contribution in [-0.2, 0) is 23.6 Å². The summed E-state index contributed by atoms with van der Waals surface area (Å²) in [5.41, 5.74) is -1.49. The van der Waals surface area contributed by atoms with Crippen molar-refractivity contribution in [1.29, 1.82) is 0 Å². The zero-order chi connectivity index (χ0) is 33.1. The summed E-state index contributed by atoms with van der Waals surface area (Å²) in [4.78, 5) is 30.8. The molecule has 2 fully saturated rings. The second-order valence-corrected chi connectivity index (χ2v) is 11.3. The maximum Gasteiger partial charge on any atom is 0.423 e. The number of rotatable bonds is 8. The van der Waals surface area contributed by atoms with E-state index >= 15 is 0 Å². The van der Waals surface area contributed by atoms with Crippen molar-refractivity contribution in [3.8, 4) is 5.88 Å². The molecule has 9 nitrogen and oxygen atoms in total. The van der Waals surface area contributed by atoms with Gasteiger partial charge in [0.2, 0.25) is 11.8 Å². The molecule has 2 aliphatic rings. The lowest BCUT2D eigenvalue weighted by Gasteiger charge is -2.36. The molecular weight excluding hydrogens is 620 g/mol.